The number of halogens is 4. The third kappa shape index (κ3) is 5.09. The van der Waals surface area contributed by atoms with Gasteiger partial charge in [-0.1, -0.05) is 17.7 Å². The predicted octanol–water partition coefficient (Wildman–Crippen LogP) is 6.61. The highest BCUT2D eigenvalue weighted by Gasteiger charge is 2.30. The van der Waals surface area contributed by atoms with E-state index in [9.17, 15) is 18.0 Å². The van der Waals surface area contributed by atoms with Crippen LogP contribution in [0.3, 0.4) is 0 Å². The lowest BCUT2D eigenvalue weighted by Gasteiger charge is -2.36. The Morgan fingerprint density at radius 2 is 1.58 bits per heavy atom. The molecule has 0 atom stereocenters. The van der Waals surface area contributed by atoms with E-state index in [4.69, 9.17) is 11.6 Å². The van der Waals surface area contributed by atoms with Crippen LogP contribution in [0, 0.1) is 0 Å². The molecule has 4 aromatic rings. The fourth-order valence-corrected chi connectivity index (χ4v) is 4.41. The molecule has 3 aromatic carbocycles. The molecular weight excluding hydrogens is 489 g/mol. The van der Waals surface area contributed by atoms with E-state index in [-0.39, 0.29) is 11.4 Å². The van der Waals surface area contributed by atoms with Gasteiger partial charge in [0.25, 0.3) is 5.91 Å². The van der Waals surface area contributed by atoms with Gasteiger partial charge in [-0.05, 0) is 66.7 Å². The summed E-state index contributed by atoms with van der Waals surface area (Å²) in [4.78, 5) is 21.2. The van der Waals surface area contributed by atoms with Crippen molar-refractivity contribution < 1.29 is 18.0 Å². The maximum Gasteiger partial charge on any atom is 0.416 e. The Labute approximate surface area is 211 Å². The third-order valence-corrected chi connectivity index (χ3v) is 6.49. The van der Waals surface area contributed by atoms with Crippen molar-refractivity contribution in [3.63, 3.8) is 0 Å². The van der Waals surface area contributed by atoms with Gasteiger partial charge in [0.2, 0.25) is 0 Å². The first-order valence-corrected chi connectivity index (χ1v) is 11.8. The lowest BCUT2D eigenvalue weighted by atomic mass is 10.1. The molecule has 2 heterocycles. The molecule has 0 bridgehead atoms. The van der Waals surface area contributed by atoms with Gasteiger partial charge in [-0.15, -0.1) is 0 Å². The van der Waals surface area contributed by atoms with Crippen LogP contribution in [0.4, 0.5) is 30.2 Å². The van der Waals surface area contributed by atoms with Crippen LogP contribution in [-0.2, 0) is 6.18 Å². The van der Waals surface area contributed by atoms with Gasteiger partial charge >= 0.3 is 6.18 Å². The summed E-state index contributed by atoms with van der Waals surface area (Å²) in [6.07, 6.45) is -2.96. The molecular formula is C27H22ClF3N4O. The van der Waals surface area contributed by atoms with Crippen LogP contribution in [0.1, 0.15) is 15.9 Å². The average molecular weight is 511 g/mol. The minimum atomic E-state index is -4.43. The number of carbonyl (C=O) groups is 1. The largest absolute Gasteiger partial charge is 0.416 e. The first-order chi connectivity index (χ1) is 17.3. The van der Waals surface area contributed by atoms with Crippen molar-refractivity contribution >= 4 is 45.5 Å². The number of aromatic nitrogens is 1. The number of carbonyl (C=O) groups excluding carboxylic acids is 1. The molecule has 0 spiro atoms. The highest BCUT2D eigenvalue weighted by atomic mass is 35.5. The summed E-state index contributed by atoms with van der Waals surface area (Å²) in [5, 5.41) is 4.48. The third-order valence-electron chi connectivity index (χ3n) is 6.24. The molecule has 5 rings (SSSR count). The molecule has 0 unspecified atom stereocenters. The van der Waals surface area contributed by atoms with E-state index in [1.54, 1.807) is 30.3 Å². The fourth-order valence-electron chi connectivity index (χ4n) is 4.29. The van der Waals surface area contributed by atoms with Crippen molar-refractivity contribution in [2.75, 3.05) is 36.4 Å². The maximum absolute atomic E-state index is 13.0. The summed E-state index contributed by atoms with van der Waals surface area (Å²) in [5.41, 5.74) is 2.52. The molecule has 184 valence electrons. The SMILES string of the molecule is O=C(c1ccc(Nc2ccnc3cc(C(F)(F)F)ccc23)cc1)N1CCN(c2ccc(Cl)cc2)CC1. The molecule has 1 aromatic heterocycles. The molecule has 1 amide bonds. The Kier molecular flexibility index (Phi) is 6.45. The lowest BCUT2D eigenvalue weighted by Crippen LogP contribution is -2.48. The zero-order chi connectivity index (χ0) is 25.3. The van der Waals surface area contributed by atoms with Crippen LogP contribution in [-0.4, -0.2) is 42.0 Å². The summed E-state index contributed by atoms with van der Waals surface area (Å²) in [7, 11) is 0. The van der Waals surface area contributed by atoms with Gasteiger partial charge in [-0.25, -0.2) is 0 Å². The number of fused-ring (bicyclic) bond motifs is 1. The average Bonchev–Trinajstić information content (AvgIpc) is 2.89. The Bertz CT molecular complexity index is 1380. The van der Waals surface area contributed by atoms with Gasteiger partial charge in [0.15, 0.2) is 0 Å². The summed E-state index contributed by atoms with van der Waals surface area (Å²) in [6, 6.07) is 19.9. The standard InChI is InChI=1S/C27H22ClF3N4O/c28-20-4-8-22(9-5-20)34-13-15-35(16-14-34)26(36)18-1-6-21(7-2-18)33-24-11-12-32-25-17-19(27(29,30)31)3-10-23(24)25/h1-12,17H,13-16H2,(H,32,33). The highest BCUT2D eigenvalue weighted by molar-refractivity contribution is 6.30. The van der Waals surface area contributed by atoms with Crippen molar-refractivity contribution in [2.45, 2.75) is 6.18 Å². The molecule has 1 fully saturated rings. The minimum Gasteiger partial charge on any atom is -0.368 e. The molecule has 9 heteroatoms. The van der Waals surface area contributed by atoms with E-state index in [0.29, 0.717) is 40.4 Å². The molecule has 36 heavy (non-hydrogen) atoms. The summed E-state index contributed by atoms with van der Waals surface area (Å²) >= 11 is 5.97. The number of hydrogen-bond acceptors (Lipinski definition) is 4. The second-order valence-electron chi connectivity index (χ2n) is 8.55. The summed E-state index contributed by atoms with van der Waals surface area (Å²) in [5.74, 6) is -0.0358. The van der Waals surface area contributed by atoms with Gasteiger partial charge in [0.05, 0.1) is 11.1 Å². The number of piperazine rings is 1. The normalized spacial score (nSPS) is 14.2. The predicted molar refractivity (Wildman–Crippen MR) is 136 cm³/mol. The van der Waals surface area contributed by atoms with Gasteiger partial charge in [0.1, 0.15) is 0 Å². The van der Waals surface area contributed by atoms with E-state index in [2.05, 4.69) is 15.2 Å². The molecule has 0 saturated carbocycles. The number of anilines is 3. The number of nitrogens with one attached hydrogen (secondary N) is 1. The Hall–Kier alpha value is -3.78. The number of nitrogens with zero attached hydrogens (tertiary/aromatic N) is 3. The Balaban J connectivity index is 1.24. The van der Waals surface area contributed by atoms with Crippen LogP contribution < -0.4 is 10.2 Å². The van der Waals surface area contributed by atoms with E-state index in [1.807, 2.05) is 29.2 Å². The highest BCUT2D eigenvalue weighted by Crippen LogP contribution is 2.33. The summed E-state index contributed by atoms with van der Waals surface area (Å²) < 4.78 is 39.1. The smallest absolute Gasteiger partial charge is 0.368 e. The zero-order valence-electron chi connectivity index (χ0n) is 19.1. The van der Waals surface area contributed by atoms with E-state index in [1.165, 1.54) is 12.3 Å². The van der Waals surface area contributed by atoms with Gasteiger partial charge < -0.3 is 15.1 Å². The molecule has 1 aliphatic rings. The molecule has 0 radical (unpaired) electrons. The second-order valence-corrected chi connectivity index (χ2v) is 8.98. The quantitative estimate of drug-likeness (QED) is 0.335. The van der Waals surface area contributed by atoms with Crippen molar-refractivity contribution in [1.29, 1.82) is 0 Å². The molecule has 1 saturated heterocycles. The molecule has 0 aliphatic carbocycles. The first kappa shape index (κ1) is 23.9. The van der Waals surface area contributed by atoms with Gasteiger partial charge in [0, 0.05) is 65.4 Å². The number of hydrogen-bond donors (Lipinski definition) is 1. The fraction of sp³-hybridized carbons (Fsp3) is 0.185. The summed E-state index contributed by atoms with van der Waals surface area (Å²) in [6.45, 7) is 2.70. The molecule has 1 N–H and O–H groups in total. The molecule has 1 aliphatic heterocycles. The number of alkyl halides is 3. The van der Waals surface area contributed by atoms with Crippen molar-refractivity contribution in [1.82, 2.24) is 9.88 Å². The first-order valence-electron chi connectivity index (χ1n) is 11.4. The number of pyridine rings is 1. The van der Waals surface area contributed by atoms with E-state index in [0.717, 1.165) is 30.9 Å². The minimum absolute atomic E-state index is 0.0358. The van der Waals surface area contributed by atoms with Crippen LogP contribution in [0.5, 0.6) is 0 Å². The van der Waals surface area contributed by atoms with Gasteiger partial charge in [-0.3, -0.25) is 9.78 Å². The van der Waals surface area contributed by atoms with E-state index < -0.39 is 11.7 Å². The number of benzene rings is 3. The number of rotatable bonds is 4. The maximum atomic E-state index is 13.0. The van der Waals surface area contributed by atoms with Crippen LogP contribution in [0.15, 0.2) is 79.0 Å². The van der Waals surface area contributed by atoms with Crippen molar-refractivity contribution in [3.05, 3.63) is 95.1 Å². The topological polar surface area (TPSA) is 48.5 Å². The van der Waals surface area contributed by atoms with Crippen molar-refractivity contribution in [3.8, 4) is 0 Å². The second kappa shape index (κ2) is 9.70. The van der Waals surface area contributed by atoms with Gasteiger partial charge in [-0.2, -0.15) is 13.2 Å². The van der Waals surface area contributed by atoms with Crippen molar-refractivity contribution in [2.24, 2.45) is 0 Å². The molecule has 5 nitrogen and oxygen atoms in total. The Morgan fingerprint density at radius 1 is 0.889 bits per heavy atom. The van der Waals surface area contributed by atoms with Crippen LogP contribution in [0.25, 0.3) is 10.9 Å². The zero-order valence-corrected chi connectivity index (χ0v) is 19.9. The lowest BCUT2D eigenvalue weighted by molar-refractivity contribution is -0.137. The van der Waals surface area contributed by atoms with E-state index >= 15 is 0 Å². The van der Waals surface area contributed by atoms with Crippen LogP contribution >= 0.6 is 11.6 Å². The Morgan fingerprint density at radius 3 is 2.25 bits per heavy atom. The number of amides is 1. The monoisotopic (exact) mass is 510 g/mol. The van der Waals surface area contributed by atoms with Crippen LogP contribution in [0.2, 0.25) is 5.02 Å².